The minimum absolute atomic E-state index is 0.0299. The van der Waals surface area contributed by atoms with E-state index < -0.39 is 10.0 Å². The van der Waals surface area contributed by atoms with Crippen LogP contribution >= 0.6 is 11.3 Å². The quantitative estimate of drug-likeness (QED) is 0.633. The number of ether oxygens (including phenoxy) is 1. The van der Waals surface area contributed by atoms with Crippen molar-refractivity contribution >= 4 is 32.4 Å². The maximum atomic E-state index is 12.7. The summed E-state index contributed by atoms with van der Waals surface area (Å²) in [5.41, 5.74) is 0.866. The van der Waals surface area contributed by atoms with Crippen LogP contribution < -0.4 is 10.2 Å². The van der Waals surface area contributed by atoms with Crippen LogP contribution in [0.15, 0.2) is 40.7 Å². The van der Waals surface area contributed by atoms with Crippen LogP contribution in [0.1, 0.15) is 12.0 Å². The van der Waals surface area contributed by atoms with E-state index in [0.29, 0.717) is 39.4 Å². The number of thiazole rings is 1. The van der Waals surface area contributed by atoms with Crippen molar-refractivity contribution in [1.82, 2.24) is 19.5 Å². The minimum Gasteiger partial charge on any atom is -0.379 e. The van der Waals surface area contributed by atoms with Crippen molar-refractivity contribution in [3.8, 4) is 0 Å². The van der Waals surface area contributed by atoms with E-state index in [4.69, 9.17) is 4.74 Å². The van der Waals surface area contributed by atoms with Gasteiger partial charge in [-0.05, 0) is 24.1 Å². The molecule has 0 aliphatic carbocycles. The molecule has 4 rings (SSSR count). The summed E-state index contributed by atoms with van der Waals surface area (Å²) in [6, 6.07) is 6.72. The van der Waals surface area contributed by atoms with Crippen molar-refractivity contribution in [3.05, 3.63) is 41.4 Å². The third-order valence-electron chi connectivity index (χ3n) is 5.67. The molecule has 2 fully saturated rings. The molecule has 0 spiro atoms. The molecule has 1 aromatic heterocycles. The van der Waals surface area contributed by atoms with E-state index in [2.05, 4.69) is 20.1 Å². The van der Waals surface area contributed by atoms with Gasteiger partial charge in [0.2, 0.25) is 15.9 Å². The summed E-state index contributed by atoms with van der Waals surface area (Å²) in [7, 11) is -3.50. The second kappa shape index (κ2) is 10.7. The largest absolute Gasteiger partial charge is 0.379 e. The summed E-state index contributed by atoms with van der Waals surface area (Å²) in [5.74, 6) is -0.0299. The van der Waals surface area contributed by atoms with Gasteiger partial charge >= 0.3 is 0 Å². The van der Waals surface area contributed by atoms with E-state index in [1.807, 2.05) is 11.6 Å². The van der Waals surface area contributed by atoms with Crippen LogP contribution in [-0.4, -0.2) is 87.5 Å². The lowest BCUT2D eigenvalue weighted by Crippen LogP contribution is -2.40. The van der Waals surface area contributed by atoms with E-state index in [-0.39, 0.29) is 10.8 Å². The SMILES string of the molecule is O=C(CN1CCCN(c2nccs2)CC1)NCc1ccc(S(=O)(=O)N2CCOCC2)cc1. The van der Waals surface area contributed by atoms with Crippen LogP contribution in [-0.2, 0) is 26.1 Å². The highest BCUT2D eigenvalue weighted by Crippen LogP contribution is 2.19. The summed E-state index contributed by atoms with van der Waals surface area (Å²) in [6.07, 6.45) is 2.81. The second-order valence-corrected chi connectivity index (χ2v) is 10.7. The molecule has 0 atom stereocenters. The first-order chi connectivity index (χ1) is 15.5. The number of amides is 1. The van der Waals surface area contributed by atoms with Crippen LogP contribution in [0.5, 0.6) is 0 Å². The van der Waals surface area contributed by atoms with Gasteiger partial charge in [0.15, 0.2) is 5.13 Å². The molecule has 0 unspecified atom stereocenters. The summed E-state index contributed by atoms with van der Waals surface area (Å²) >= 11 is 1.64. The number of hydrogen-bond donors (Lipinski definition) is 1. The van der Waals surface area contributed by atoms with E-state index in [1.165, 1.54) is 4.31 Å². The molecule has 0 radical (unpaired) electrons. The fraction of sp³-hybridized carbons (Fsp3) is 0.524. The van der Waals surface area contributed by atoms with Crippen LogP contribution in [0, 0.1) is 0 Å². The third kappa shape index (κ3) is 5.84. The van der Waals surface area contributed by atoms with E-state index in [9.17, 15) is 13.2 Å². The summed E-state index contributed by atoms with van der Waals surface area (Å²) in [6.45, 7) is 5.82. The lowest BCUT2D eigenvalue weighted by Gasteiger charge is -2.26. The number of rotatable bonds is 7. The maximum absolute atomic E-state index is 12.7. The van der Waals surface area contributed by atoms with Gasteiger partial charge < -0.3 is 15.0 Å². The van der Waals surface area contributed by atoms with Gasteiger partial charge in [-0.25, -0.2) is 13.4 Å². The Morgan fingerprint density at radius 2 is 1.84 bits per heavy atom. The Kier molecular flexibility index (Phi) is 7.74. The van der Waals surface area contributed by atoms with Gasteiger partial charge in [0.05, 0.1) is 24.7 Å². The zero-order valence-corrected chi connectivity index (χ0v) is 19.6. The predicted molar refractivity (Wildman–Crippen MR) is 123 cm³/mol. The first-order valence-corrected chi connectivity index (χ1v) is 13.1. The number of aromatic nitrogens is 1. The summed E-state index contributed by atoms with van der Waals surface area (Å²) < 4.78 is 32.1. The highest BCUT2D eigenvalue weighted by atomic mass is 32.2. The van der Waals surface area contributed by atoms with Crippen molar-refractivity contribution in [2.75, 3.05) is 63.9 Å². The second-order valence-electron chi connectivity index (χ2n) is 7.87. The molecule has 1 amide bonds. The van der Waals surface area contributed by atoms with Gasteiger partial charge in [0, 0.05) is 57.4 Å². The number of morpholine rings is 1. The number of sulfonamides is 1. The average molecular weight is 480 g/mol. The molecule has 1 aromatic carbocycles. The van der Waals surface area contributed by atoms with Crippen molar-refractivity contribution in [1.29, 1.82) is 0 Å². The molecule has 2 aliphatic rings. The molecule has 11 heteroatoms. The molecule has 3 heterocycles. The molecular formula is C21H29N5O4S2. The molecule has 0 saturated carbocycles. The number of nitrogens with one attached hydrogen (secondary N) is 1. The fourth-order valence-corrected chi connectivity index (χ4v) is 5.97. The van der Waals surface area contributed by atoms with Gasteiger partial charge in [-0.1, -0.05) is 12.1 Å². The monoisotopic (exact) mass is 479 g/mol. The predicted octanol–water partition coefficient (Wildman–Crippen LogP) is 0.993. The van der Waals surface area contributed by atoms with Crippen molar-refractivity contribution in [2.24, 2.45) is 0 Å². The van der Waals surface area contributed by atoms with Gasteiger partial charge in [0.1, 0.15) is 0 Å². The van der Waals surface area contributed by atoms with Gasteiger partial charge in [-0.3, -0.25) is 9.69 Å². The average Bonchev–Trinajstić information content (AvgIpc) is 3.26. The fourth-order valence-electron chi connectivity index (χ4n) is 3.87. The van der Waals surface area contributed by atoms with E-state index >= 15 is 0 Å². The lowest BCUT2D eigenvalue weighted by molar-refractivity contribution is -0.122. The first kappa shape index (κ1) is 23.1. The topological polar surface area (TPSA) is 95.1 Å². The molecule has 2 saturated heterocycles. The zero-order chi connectivity index (χ0) is 22.4. The Morgan fingerprint density at radius 1 is 1.06 bits per heavy atom. The Hall–Kier alpha value is -2.05. The normalized spacial score (nSPS) is 18.9. The van der Waals surface area contributed by atoms with Crippen LogP contribution in [0.2, 0.25) is 0 Å². The summed E-state index contributed by atoms with van der Waals surface area (Å²) in [4.78, 5) is 21.5. The van der Waals surface area contributed by atoms with Gasteiger partial charge in [0.25, 0.3) is 0 Å². The van der Waals surface area contributed by atoms with Crippen molar-refractivity contribution in [2.45, 2.75) is 17.9 Å². The molecule has 0 bridgehead atoms. The van der Waals surface area contributed by atoms with Crippen molar-refractivity contribution < 1.29 is 17.9 Å². The number of carbonyl (C=O) groups excluding carboxylic acids is 1. The molecule has 2 aliphatic heterocycles. The zero-order valence-electron chi connectivity index (χ0n) is 18.0. The van der Waals surface area contributed by atoms with E-state index in [1.54, 1.807) is 35.6 Å². The Morgan fingerprint density at radius 3 is 2.56 bits per heavy atom. The Bertz CT molecular complexity index is 976. The smallest absolute Gasteiger partial charge is 0.243 e. The minimum atomic E-state index is -3.50. The summed E-state index contributed by atoms with van der Waals surface area (Å²) in [5, 5.41) is 5.97. The lowest BCUT2D eigenvalue weighted by atomic mass is 10.2. The number of anilines is 1. The van der Waals surface area contributed by atoms with Crippen molar-refractivity contribution in [3.63, 3.8) is 0 Å². The van der Waals surface area contributed by atoms with E-state index in [0.717, 1.165) is 43.3 Å². The molecule has 9 nitrogen and oxygen atoms in total. The highest BCUT2D eigenvalue weighted by molar-refractivity contribution is 7.89. The number of benzene rings is 1. The molecule has 1 N–H and O–H groups in total. The van der Waals surface area contributed by atoms with Gasteiger partial charge in [-0.2, -0.15) is 4.31 Å². The molecule has 32 heavy (non-hydrogen) atoms. The van der Waals surface area contributed by atoms with Gasteiger partial charge in [-0.15, -0.1) is 11.3 Å². The molecule has 2 aromatic rings. The molecular weight excluding hydrogens is 450 g/mol. The van der Waals surface area contributed by atoms with Crippen LogP contribution in [0.25, 0.3) is 0 Å². The first-order valence-electron chi connectivity index (χ1n) is 10.8. The Labute approximate surface area is 193 Å². The Balaban J connectivity index is 1.24. The number of carbonyl (C=O) groups is 1. The maximum Gasteiger partial charge on any atom is 0.243 e. The van der Waals surface area contributed by atoms with Crippen LogP contribution in [0.3, 0.4) is 0 Å². The standard InChI is InChI=1S/C21H29N5O4S2/c27-20(17-24-7-1-8-25(10-9-24)21-22-6-15-31-21)23-16-18-2-4-19(5-3-18)32(28,29)26-11-13-30-14-12-26/h2-6,15H,1,7-14,16-17H2,(H,23,27). The molecule has 174 valence electrons. The highest BCUT2D eigenvalue weighted by Gasteiger charge is 2.26. The number of nitrogens with zero attached hydrogens (tertiary/aromatic N) is 4. The third-order valence-corrected chi connectivity index (χ3v) is 8.41. The number of hydrogen-bond acceptors (Lipinski definition) is 8. The van der Waals surface area contributed by atoms with Crippen LogP contribution in [0.4, 0.5) is 5.13 Å².